The fourth-order valence-electron chi connectivity index (χ4n) is 3.85. The predicted molar refractivity (Wildman–Crippen MR) is 90.1 cm³/mol. The maximum Gasteiger partial charge on any atom is 0.161 e. The van der Waals surface area contributed by atoms with Crippen molar-refractivity contribution >= 4 is 5.78 Å². The normalized spacial score (nSPS) is 23.8. The molecule has 1 fully saturated rings. The molecule has 4 nitrogen and oxygen atoms in total. The Morgan fingerprint density at radius 2 is 2.04 bits per heavy atom. The molecular weight excluding hydrogens is 290 g/mol. The van der Waals surface area contributed by atoms with E-state index < -0.39 is 0 Å². The summed E-state index contributed by atoms with van der Waals surface area (Å²) in [4.78, 5) is 15.0. The Morgan fingerprint density at radius 1 is 1.30 bits per heavy atom. The van der Waals surface area contributed by atoms with Crippen LogP contribution < -0.4 is 9.47 Å². The van der Waals surface area contributed by atoms with E-state index in [9.17, 15) is 4.79 Å². The lowest BCUT2D eigenvalue weighted by molar-refractivity contribution is -0.129. The molecule has 0 amide bonds. The Hall–Kier alpha value is -1.81. The highest BCUT2D eigenvalue weighted by Crippen LogP contribution is 2.42. The molecule has 1 aromatic rings. The van der Waals surface area contributed by atoms with Crippen molar-refractivity contribution < 1.29 is 14.3 Å². The summed E-state index contributed by atoms with van der Waals surface area (Å²) in [5.74, 6) is 2.06. The number of carbonyl (C=O) groups is 1. The van der Waals surface area contributed by atoms with Crippen LogP contribution in [0.1, 0.15) is 36.4 Å². The molecule has 23 heavy (non-hydrogen) atoms. The van der Waals surface area contributed by atoms with E-state index in [2.05, 4.69) is 23.6 Å². The standard InChI is InChI=1S/C19H25NO3/c1-4-5-6-14-12-20-8-7-13-9-18(22-2)19(23-3)10-15(13)16(20)11-17(14)21/h4,9-10,14,16H,1,5-8,11-12H2,2-3H3/t14-,16+/m0/s1. The fourth-order valence-corrected chi connectivity index (χ4v) is 3.85. The van der Waals surface area contributed by atoms with Crippen LogP contribution in [0.15, 0.2) is 24.8 Å². The third-order valence-corrected chi connectivity index (χ3v) is 5.14. The van der Waals surface area contributed by atoms with Crippen molar-refractivity contribution in [3.05, 3.63) is 35.9 Å². The van der Waals surface area contributed by atoms with Gasteiger partial charge < -0.3 is 9.47 Å². The van der Waals surface area contributed by atoms with E-state index in [1.54, 1.807) is 14.2 Å². The molecule has 2 aliphatic rings. The topological polar surface area (TPSA) is 38.8 Å². The van der Waals surface area contributed by atoms with Gasteiger partial charge >= 0.3 is 0 Å². The van der Waals surface area contributed by atoms with E-state index in [4.69, 9.17) is 9.47 Å². The molecule has 0 bridgehead atoms. The van der Waals surface area contributed by atoms with Gasteiger partial charge in [0, 0.05) is 31.5 Å². The lowest BCUT2D eigenvalue weighted by Crippen LogP contribution is -2.46. The van der Waals surface area contributed by atoms with Gasteiger partial charge in [-0.1, -0.05) is 6.08 Å². The van der Waals surface area contributed by atoms with Gasteiger partial charge in [-0.2, -0.15) is 0 Å². The van der Waals surface area contributed by atoms with Crippen LogP contribution in [0, 0.1) is 5.92 Å². The van der Waals surface area contributed by atoms with Crippen LogP contribution in [0.3, 0.4) is 0 Å². The van der Waals surface area contributed by atoms with Gasteiger partial charge in [-0.05, 0) is 42.5 Å². The minimum absolute atomic E-state index is 0.158. The lowest BCUT2D eigenvalue weighted by Gasteiger charge is -2.43. The van der Waals surface area contributed by atoms with Gasteiger partial charge in [0.25, 0.3) is 0 Å². The van der Waals surface area contributed by atoms with Gasteiger partial charge in [0.05, 0.1) is 14.2 Å². The molecule has 0 aliphatic carbocycles. The van der Waals surface area contributed by atoms with Crippen LogP contribution in [0.5, 0.6) is 11.5 Å². The number of nitrogens with zero attached hydrogens (tertiary/aromatic N) is 1. The Bertz CT molecular complexity index is 611. The summed E-state index contributed by atoms with van der Waals surface area (Å²) in [6.45, 7) is 5.64. The summed E-state index contributed by atoms with van der Waals surface area (Å²) in [5, 5.41) is 0. The Balaban J connectivity index is 1.87. The molecule has 0 N–H and O–H groups in total. The smallest absolute Gasteiger partial charge is 0.161 e. The average molecular weight is 315 g/mol. The maximum absolute atomic E-state index is 12.5. The number of fused-ring (bicyclic) bond motifs is 3. The number of ketones is 1. The molecular formula is C19H25NO3. The molecule has 0 saturated carbocycles. The quantitative estimate of drug-likeness (QED) is 0.783. The third kappa shape index (κ3) is 3.00. The zero-order valence-corrected chi connectivity index (χ0v) is 14.0. The van der Waals surface area contributed by atoms with Crippen LogP contribution in [0.25, 0.3) is 0 Å². The second kappa shape index (κ2) is 6.75. The number of rotatable bonds is 5. The van der Waals surface area contributed by atoms with Crippen LogP contribution in [-0.2, 0) is 11.2 Å². The van der Waals surface area contributed by atoms with E-state index >= 15 is 0 Å². The van der Waals surface area contributed by atoms with Gasteiger partial charge in [0.15, 0.2) is 11.5 Å². The van der Waals surface area contributed by atoms with Crippen molar-refractivity contribution in [2.24, 2.45) is 5.92 Å². The molecule has 2 aliphatic heterocycles. The first kappa shape index (κ1) is 16.1. The average Bonchev–Trinajstić information content (AvgIpc) is 2.58. The SMILES string of the molecule is C=CCC[C@H]1CN2CCc3cc(OC)c(OC)cc3[C@H]2CC1=O. The fraction of sp³-hybridized carbons (Fsp3) is 0.526. The van der Waals surface area contributed by atoms with Crippen molar-refractivity contribution in [3.8, 4) is 11.5 Å². The van der Waals surface area contributed by atoms with E-state index in [1.807, 2.05) is 6.08 Å². The Labute approximate surface area is 138 Å². The molecule has 1 saturated heterocycles. The van der Waals surface area contributed by atoms with Gasteiger partial charge in [0.1, 0.15) is 5.78 Å². The van der Waals surface area contributed by atoms with Crippen LogP contribution in [0.2, 0.25) is 0 Å². The lowest BCUT2D eigenvalue weighted by atomic mass is 9.81. The highest BCUT2D eigenvalue weighted by Gasteiger charge is 2.38. The predicted octanol–water partition coefficient (Wildman–Crippen LogP) is 3.16. The number of hydrogen-bond donors (Lipinski definition) is 0. The Kier molecular flexibility index (Phi) is 4.71. The van der Waals surface area contributed by atoms with Crippen molar-refractivity contribution in [1.29, 1.82) is 0 Å². The zero-order chi connectivity index (χ0) is 16.4. The van der Waals surface area contributed by atoms with E-state index in [0.29, 0.717) is 12.2 Å². The third-order valence-electron chi connectivity index (χ3n) is 5.14. The molecule has 4 heteroatoms. The summed E-state index contributed by atoms with van der Waals surface area (Å²) in [6, 6.07) is 4.31. The number of hydrogen-bond acceptors (Lipinski definition) is 4. The number of allylic oxidation sites excluding steroid dienone is 1. The van der Waals surface area contributed by atoms with E-state index in [-0.39, 0.29) is 12.0 Å². The summed E-state index contributed by atoms with van der Waals surface area (Å²) >= 11 is 0. The molecule has 0 spiro atoms. The molecule has 1 aromatic carbocycles. The van der Waals surface area contributed by atoms with Gasteiger partial charge in [-0.25, -0.2) is 0 Å². The summed E-state index contributed by atoms with van der Waals surface area (Å²) in [6.07, 6.45) is 5.34. The molecule has 0 aromatic heterocycles. The monoisotopic (exact) mass is 315 g/mol. The van der Waals surface area contributed by atoms with Crippen molar-refractivity contribution in [3.63, 3.8) is 0 Å². The second-order valence-corrected chi connectivity index (χ2v) is 6.40. The minimum atomic E-state index is 0.158. The van der Waals surface area contributed by atoms with Crippen LogP contribution in [-0.4, -0.2) is 38.0 Å². The molecule has 0 radical (unpaired) electrons. The number of piperidine rings is 1. The number of benzene rings is 1. The largest absolute Gasteiger partial charge is 0.493 e. The number of Topliss-reactive ketones (excluding diaryl/α,β-unsaturated/α-hetero) is 1. The molecule has 2 atom stereocenters. The Morgan fingerprint density at radius 3 is 2.74 bits per heavy atom. The number of carbonyl (C=O) groups excluding carboxylic acids is 1. The first-order valence-corrected chi connectivity index (χ1v) is 8.30. The van der Waals surface area contributed by atoms with Crippen molar-refractivity contribution in [1.82, 2.24) is 4.90 Å². The van der Waals surface area contributed by atoms with Crippen molar-refractivity contribution in [2.75, 3.05) is 27.3 Å². The first-order valence-electron chi connectivity index (χ1n) is 8.30. The second-order valence-electron chi connectivity index (χ2n) is 6.40. The van der Waals surface area contributed by atoms with E-state index in [1.165, 1.54) is 11.1 Å². The molecule has 2 heterocycles. The van der Waals surface area contributed by atoms with Crippen molar-refractivity contribution in [2.45, 2.75) is 31.7 Å². The van der Waals surface area contributed by atoms with Crippen LogP contribution >= 0.6 is 0 Å². The number of ether oxygens (including phenoxy) is 2. The summed E-state index contributed by atoms with van der Waals surface area (Å²) in [5.41, 5.74) is 2.51. The molecule has 0 unspecified atom stereocenters. The van der Waals surface area contributed by atoms with Crippen LogP contribution in [0.4, 0.5) is 0 Å². The highest BCUT2D eigenvalue weighted by molar-refractivity contribution is 5.83. The van der Waals surface area contributed by atoms with Gasteiger partial charge in [0.2, 0.25) is 0 Å². The van der Waals surface area contributed by atoms with Gasteiger partial charge in [-0.3, -0.25) is 9.69 Å². The number of methoxy groups -OCH3 is 2. The zero-order valence-electron chi connectivity index (χ0n) is 14.0. The maximum atomic E-state index is 12.5. The minimum Gasteiger partial charge on any atom is -0.493 e. The van der Waals surface area contributed by atoms with Gasteiger partial charge in [-0.15, -0.1) is 6.58 Å². The van der Waals surface area contributed by atoms with E-state index in [0.717, 1.165) is 43.9 Å². The first-order chi connectivity index (χ1) is 11.2. The summed E-state index contributed by atoms with van der Waals surface area (Å²) in [7, 11) is 3.32. The summed E-state index contributed by atoms with van der Waals surface area (Å²) < 4.78 is 10.8. The highest BCUT2D eigenvalue weighted by atomic mass is 16.5. The molecule has 124 valence electrons. The molecule has 3 rings (SSSR count).